The van der Waals surface area contributed by atoms with Crippen molar-refractivity contribution < 1.29 is 14.2 Å². The van der Waals surface area contributed by atoms with E-state index in [9.17, 15) is 0 Å². The summed E-state index contributed by atoms with van der Waals surface area (Å²) in [4.78, 5) is 0. The number of methoxy groups -OCH3 is 2. The minimum Gasteiger partial charge on any atom is -0.497 e. The molecule has 0 saturated heterocycles. The number of rotatable bonds is 7. The minimum absolute atomic E-state index is 0.176. The summed E-state index contributed by atoms with van der Waals surface area (Å²) in [5.74, 6) is 1.68. The predicted molar refractivity (Wildman–Crippen MR) is 84.0 cm³/mol. The molecule has 2 unspecified atom stereocenters. The van der Waals surface area contributed by atoms with E-state index in [1.807, 2.05) is 12.1 Å². The molecule has 1 N–H and O–H groups in total. The van der Waals surface area contributed by atoms with E-state index in [-0.39, 0.29) is 5.41 Å². The Morgan fingerprint density at radius 1 is 1.24 bits per heavy atom. The first-order valence-corrected chi connectivity index (χ1v) is 7.58. The monoisotopic (exact) mass is 293 g/mol. The Bertz CT molecular complexity index is 473. The van der Waals surface area contributed by atoms with Crippen LogP contribution < -0.4 is 14.8 Å². The van der Waals surface area contributed by atoms with E-state index in [2.05, 4.69) is 32.2 Å². The molecular formula is C17H27NO3. The van der Waals surface area contributed by atoms with Crippen LogP contribution >= 0.6 is 0 Å². The maximum Gasteiger partial charge on any atom is 0.127 e. The Morgan fingerprint density at radius 3 is 2.57 bits per heavy atom. The number of benzene rings is 1. The van der Waals surface area contributed by atoms with Crippen LogP contribution in [0.1, 0.15) is 32.8 Å². The topological polar surface area (TPSA) is 39.7 Å². The van der Waals surface area contributed by atoms with E-state index in [0.717, 1.165) is 36.6 Å². The molecule has 0 aromatic heterocycles. The van der Waals surface area contributed by atoms with E-state index in [1.165, 1.54) is 0 Å². The van der Waals surface area contributed by atoms with Gasteiger partial charge >= 0.3 is 0 Å². The maximum absolute atomic E-state index is 5.77. The van der Waals surface area contributed by atoms with Gasteiger partial charge in [0.2, 0.25) is 0 Å². The molecule has 2 atom stereocenters. The fourth-order valence-electron chi connectivity index (χ4n) is 2.95. The Labute approximate surface area is 127 Å². The second kappa shape index (κ2) is 6.67. The lowest BCUT2D eigenvalue weighted by molar-refractivity contribution is -0.114. The summed E-state index contributed by atoms with van der Waals surface area (Å²) in [5, 5.41) is 3.63. The Balaban J connectivity index is 1.95. The summed E-state index contributed by atoms with van der Waals surface area (Å²) >= 11 is 0. The standard InChI is InChI=1S/C17H27NO3/c1-6-21-16-10-15(17(16,2)3)18-11-12-7-8-13(19-4)9-14(12)20-5/h7-9,15-16,18H,6,10-11H2,1-5H3. The number of nitrogens with one attached hydrogen (secondary N) is 1. The molecule has 1 aliphatic carbocycles. The van der Waals surface area contributed by atoms with Crippen LogP contribution in [0.3, 0.4) is 0 Å². The van der Waals surface area contributed by atoms with Crippen molar-refractivity contribution in [2.75, 3.05) is 20.8 Å². The van der Waals surface area contributed by atoms with Crippen molar-refractivity contribution in [3.05, 3.63) is 23.8 Å². The second-order valence-electron chi connectivity index (χ2n) is 6.11. The normalized spacial score (nSPS) is 23.5. The quantitative estimate of drug-likeness (QED) is 0.839. The van der Waals surface area contributed by atoms with Crippen LogP contribution in [0.2, 0.25) is 0 Å². The van der Waals surface area contributed by atoms with Crippen molar-refractivity contribution in [3.63, 3.8) is 0 Å². The maximum atomic E-state index is 5.77. The van der Waals surface area contributed by atoms with Gasteiger partial charge in [0.05, 0.1) is 20.3 Å². The fraction of sp³-hybridized carbons (Fsp3) is 0.647. The molecule has 4 nitrogen and oxygen atoms in total. The van der Waals surface area contributed by atoms with Gasteiger partial charge in [0, 0.05) is 36.2 Å². The van der Waals surface area contributed by atoms with Gasteiger partial charge in [-0.3, -0.25) is 0 Å². The van der Waals surface area contributed by atoms with Crippen LogP contribution in [0.25, 0.3) is 0 Å². The van der Waals surface area contributed by atoms with Crippen molar-refractivity contribution in [2.45, 2.75) is 45.9 Å². The van der Waals surface area contributed by atoms with Crippen molar-refractivity contribution >= 4 is 0 Å². The van der Waals surface area contributed by atoms with Crippen molar-refractivity contribution in [1.82, 2.24) is 5.32 Å². The summed E-state index contributed by atoms with van der Waals surface area (Å²) in [5.41, 5.74) is 1.32. The molecule has 1 fully saturated rings. The highest BCUT2D eigenvalue weighted by Gasteiger charge is 2.48. The van der Waals surface area contributed by atoms with Crippen molar-refractivity contribution in [1.29, 1.82) is 0 Å². The molecule has 1 aromatic rings. The molecule has 1 aromatic carbocycles. The third-order valence-electron chi connectivity index (χ3n) is 4.58. The largest absolute Gasteiger partial charge is 0.497 e. The summed E-state index contributed by atoms with van der Waals surface area (Å²) in [6, 6.07) is 6.41. The molecule has 0 bridgehead atoms. The second-order valence-corrected chi connectivity index (χ2v) is 6.11. The van der Waals surface area contributed by atoms with Crippen LogP contribution in [0.5, 0.6) is 11.5 Å². The van der Waals surface area contributed by atoms with Crippen LogP contribution in [0.4, 0.5) is 0 Å². The lowest BCUT2D eigenvalue weighted by atomic mass is 9.64. The van der Waals surface area contributed by atoms with E-state index in [1.54, 1.807) is 14.2 Å². The van der Waals surface area contributed by atoms with Gasteiger partial charge in [-0.2, -0.15) is 0 Å². The van der Waals surface area contributed by atoms with Gasteiger partial charge in [-0.1, -0.05) is 19.9 Å². The van der Waals surface area contributed by atoms with Gasteiger partial charge < -0.3 is 19.5 Å². The third-order valence-corrected chi connectivity index (χ3v) is 4.58. The van der Waals surface area contributed by atoms with Gasteiger partial charge in [-0.05, 0) is 19.4 Å². The van der Waals surface area contributed by atoms with Gasteiger partial charge in [-0.15, -0.1) is 0 Å². The molecule has 1 aliphatic rings. The highest BCUT2D eigenvalue weighted by atomic mass is 16.5. The molecule has 0 spiro atoms. The third kappa shape index (κ3) is 3.33. The van der Waals surface area contributed by atoms with Crippen molar-refractivity contribution in [2.24, 2.45) is 5.41 Å². The van der Waals surface area contributed by atoms with Crippen LogP contribution in [0, 0.1) is 5.41 Å². The van der Waals surface area contributed by atoms with E-state index < -0.39 is 0 Å². The van der Waals surface area contributed by atoms with Gasteiger partial charge in [0.25, 0.3) is 0 Å². The zero-order valence-corrected chi connectivity index (χ0v) is 13.7. The zero-order chi connectivity index (χ0) is 15.5. The van der Waals surface area contributed by atoms with Crippen LogP contribution in [-0.4, -0.2) is 33.0 Å². The Hall–Kier alpha value is -1.26. The number of ether oxygens (including phenoxy) is 3. The highest BCUT2D eigenvalue weighted by molar-refractivity contribution is 5.40. The predicted octanol–water partition coefficient (Wildman–Crippen LogP) is 3.00. The lowest BCUT2D eigenvalue weighted by Crippen LogP contribution is -2.60. The van der Waals surface area contributed by atoms with Crippen LogP contribution in [-0.2, 0) is 11.3 Å². The van der Waals surface area contributed by atoms with E-state index >= 15 is 0 Å². The molecule has 0 aliphatic heterocycles. The summed E-state index contributed by atoms with van der Waals surface area (Å²) in [7, 11) is 3.36. The summed E-state index contributed by atoms with van der Waals surface area (Å²) in [6.45, 7) is 8.16. The molecule has 0 heterocycles. The van der Waals surface area contributed by atoms with E-state index in [0.29, 0.717) is 12.1 Å². The Kier molecular flexibility index (Phi) is 5.12. The molecule has 1 saturated carbocycles. The van der Waals surface area contributed by atoms with Gasteiger partial charge in [0.15, 0.2) is 0 Å². The molecule has 0 radical (unpaired) electrons. The van der Waals surface area contributed by atoms with Gasteiger partial charge in [0.1, 0.15) is 11.5 Å². The molecule has 21 heavy (non-hydrogen) atoms. The average molecular weight is 293 g/mol. The van der Waals surface area contributed by atoms with Gasteiger partial charge in [-0.25, -0.2) is 0 Å². The first kappa shape index (κ1) is 16.1. The average Bonchev–Trinajstić information content (AvgIpc) is 2.50. The van der Waals surface area contributed by atoms with Crippen LogP contribution in [0.15, 0.2) is 18.2 Å². The number of hydrogen-bond acceptors (Lipinski definition) is 4. The molecule has 4 heteroatoms. The van der Waals surface area contributed by atoms with Crippen molar-refractivity contribution in [3.8, 4) is 11.5 Å². The molecular weight excluding hydrogens is 266 g/mol. The summed E-state index contributed by atoms with van der Waals surface area (Å²) < 4.78 is 16.4. The molecule has 2 rings (SSSR count). The fourth-order valence-corrected chi connectivity index (χ4v) is 2.95. The number of hydrogen-bond donors (Lipinski definition) is 1. The molecule has 118 valence electrons. The zero-order valence-electron chi connectivity index (χ0n) is 13.7. The SMILES string of the molecule is CCOC1CC(NCc2ccc(OC)cc2OC)C1(C)C. The highest BCUT2D eigenvalue weighted by Crippen LogP contribution is 2.43. The Morgan fingerprint density at radius 2 is 2.00 bits per heavy atom. The lowest BCUT2D eigenvalue weighted by Gasteiger charge is -2.52. The first-order chi connectivity index (χ1) is 10.0. The molecule has 0 amide bonds. The first-order valence-electron chi connectivity index (χ1n) is 7.58. The summed E-state index contributed by atoms with van der Waals surface area (Å²) in [6.07, 6.45) is 1.43. The smallest absolute Gasteiger partial charge is 0.127 e. The minimum atomic E-state index is 0.176. The van der Waals surface area contributed by atoms with E-state index in [4.69, 9.17) is 14.2 Å².